The standard InChI is InChI=1S/C15H25F3N6OS/c1-14(2,3)19-11(25)9-22-5-7-23(8-6-22)10-24-13(26)21(4)12(20-24)15(16,17)18/h5-10H2,1-4H3,(H,19,25)/p+2. The molecule has 1 amide bonds. The van der Waals surface area contributed by atoms with Crippen LogP contribution in [-0.2, 0) is 24.7 Å². The Bertz CT molecular complexity index is 698. The number of carbonyl (C=O) groups is 1. The van der Waals surface area contributed by atoms with Gasteiger partial charge < -0.3 is 15.1 Å². The summed E-state index contributed by atoms with van der Waals surface area (Å²) < 4.78 is 41.0. The summed E-state index contributed by atoms with van der Waals surface area (Å²) in [7, 11) is 1.28. The van der Waals surface area contributed by atoms with Gasteiger partial charge in [-0.2, -0.15) is 17.9 Å². The summed E-state index contributed by atoms with van der Waals surface area (Å²) in [5.74, 6) is -0.970. The first kappa shape index (κ1) is 20.8. The molecule has 0 saturated carbocycles. The molecule has 3 N–H and O–H groups in total. The molecule has 1 aromatic heterocycles. The summed E-state index contributed by atoms with van der Waals surface area (Å²) in [5, 5.41) is 6.59. The Morgan fingerprint density at radius 2 is 1.73 bits per heavy atom. The van der Waals surface area contributed by atoms with E-state index in [0.717, 1.165) is 35.6 Å². The Labute approximate surface area is 155 Å². The fourth-order valence-electron chi connectivity index (χ4n) is 3.03. The van der Waals surface area contributed by atoms with Gasteiger partial charge >= 0.3 is 6.18 Å². The van der Waals surface area contributed by atoms with Crippen molar-refractivity contribution in [3.8, 4) is 0 Å². The normalized spacial score (nSPS) is 21.7. The summed E-state index contributed by atoms with van der Waals surface area (Å²) in [6.07, 6.45) is -4.52. The van der Waals surface area contributed by atoms with E-state index in [-0.39, 0.29) is 16.2 Å². The zero-order valence-electron chi connectivity index (χ0n) is 15.5. The summed E-state index contributed by atoms with van der Waals surface area (Å²) in [6, 6.07) is 0. The number of hydrogen-bond acceptors (Lipinski definition) is 3. The second-order valence-corrected chi connectivity index (χ2v) is 8.16. The number of nitrogens with zero attached hydrogens (tertiary/aromatic N) is 3. The van der Waals surface area contributed by atoms with E-state index < -0.39 is 12.0 Å². The zero-order valence-corrected chi connectivity index (χ0v) is 16.4. The first-order valence-electron chi connectivity index (χ1n) is 8.56. The number of hydrogen-bond donors (Lipinski definition) is 3. The molecule has 0 radical (unpaired) electrons. The van der Waals surface area contributed by atoms with Gasteiger partial charge in [-0.25, -0.2) is 0 Å². The van der Waals surface area contributed by atoms with Crippen LogP contribution < -0.4 is 15.1 Å². The molecule has 1 saturated heterocycles. The smallest absolute Gasteiger partial charge is 0.347 e. The molecule has 2 rings (SSSR count). The van der Waals surface area contributed by atoms with Gasteiger partial charge in [0.25, 0.3) is 5.91 Å². The number of piperazine rings is 1. The molecular formula is C15H27F3N6OS+2. The third-order valence-electron chi connectivity index (χ3n) is 4.26. The van der Waals surface area contributed by atoms with Crippen LogP contribution >= 0.6 is 12.2 Å². The Hall–Kier alpha value is -1.46. The largest absolute Gasteiger partial charge is 0.451 e. The fraction of sp³-hybridized carbons (Fsp3) is 0.800. The van der Waals surface area contributed by atoms with Gasteiger partial charge in [-0.3, -0.25) is 9.36 Å². The van der Waals surface area contributed by atoms with Crippen LogP contribution in [-0.4, -0.2) is 58.5 Å². The number of halogens is 3. The molecule has 1 aliphatic rings. The van der Waals surface area contributed by atoms with E-state index in [9.17, 15) is 18.0 Å². The number of rotatable bonds is 4. The van der Waals surface area contributed by atoms with Crippen molar-refractivity contribution in [1.29, 1.82) is 0 Å². The molecular weight excluding hydrogens is 369 g/mol. The van der Waals surface area contributed by atoms with Crippen molar-refractivity contribution >= 4 is 18.1 Å². The van der Waals surface area contributed by atoms with Crippen molar-refractivity contribution in [2.75, 3.05) is 32.7 Å². The van der Waals surface area contributed by atoms with E-state index in [1.165, 1.54) is 16.6 Å². The summed E-state index contributed by atoms with van der Waals surface area (Å²) in [4.78, 5) is 14.3. The van der Waals surface area contributed by atoms with E-state index in [1.54, 1.807) is 0 Å². The highest BCUT2D eigenvalue weighted by Crippen LogP contribution is 2.27. The predicted octanol–water partition coefficient (Wildman–Crippen LogP) is -1.37. The molecule has 1 aromatic rings. The van der Waals surface area contributed by atoms with Crippen molar-refractivity contribution in [1.82, 2.24) is 19.7 Å². The number of nitrogens with one attached hydrogen (secondary N) is 3. The van der Waals surface area contributed by atoms with Crippen molar-refractivity contribution in [3.05, 3.63) is 10.6 Å². The minimum atomic E-state index is -4.52. The summed E-state index contributed by atoms with van der Waals surface area (Å²) >= 11 is 5.07. The molecule has 0 spiro atoms. The molecule has 0 aromatic carbocycles. The Morgan fingerprint density at radius 3 is 2.19 bits per heavy atom. The Kier molecular flexibility index (Phi) is 6.13. The van der Waals surface area contributed by atoms with Gasteiger partial charge in [0.1, 0.15) is 26.2 Å². The van der Waals surface area contributed by atoms with Gasteiger partial charge in [-0.05, 0) is 33.0 Å². The lowest BCUT2D eigenvalue weighted by molar-refractivity contribution is -1.02. The average Bonchev–Trinajstić information content (AvgIpc) is 2.75. The van der Waals surface area contributed by atoms with E-state index >= 15 is 0 Å². The van der Waals surface area contributed by atoms with Crippen LogP contribution in [0.5, 0.6) is 0 Å². The lowest BCUT2D eigenvalue weighted by atomic mass is 10.1. The minimum Gasteiger partial charge on any atom is -0.347 e. The summed E-state index contributed by atoms with van der Waals surface area (Å²) in [6.45, 7) is 9.57. The first-order chi connectivity index (χ1) is 11.9. The maximum absolute atomic E-state index is 12.9. The van der Waals surface area contributed by atoms with Gasteiger partial charge in [0.05, 0.1) is 0 Å². The highest BCUT2D eigenvalue weighted by atomic mass is 32.1. The molecule has 26 heavy (non-hydrogen) atoms. The maximum Gasteiger partial charge on any atom is 0.451 e. The number of carbonyl (C=O) groups excluding carboxylic acids is 1. The topological polar surface area (TPSA) is 60.7 Å². The van der Waals surface area contributed by atoms with E-state index in [2.05, 4.69) is 10.4 Å². The second-order valence-electron chi connectivity index (χ2n) is 7.80. The highest BCUT2D eigenvalue weighted by Gasteiger charge is 2.38. The van der Waals surface area contributed by atoms with E-state index in [1.807, 2.05) is 20.8 Å². The van der Waals surface area contributed by atoms with Crippen LogP contribution in [0.1, 0.15) is 26.6 Å². The van der Waals surface area contributed by atoms with Crippen molar-refractivity contribution in [2.45, 2.75) is 39.2 Å². The third-order valence-corrected chi connectivity index (χ3v) is 4.74. The van der Waals surface area contributed by atoms with Crippen LogP contribution in [0.2, 0.25) is 0 Å². The van der Waals surface area contributed by atoms with Gasteiger partial charge in [-0.1, -0.05) is 0 Å². The van der Waals surface area contributed by atoms with Crippen LogP contribution in [0, 0.1) is 4.77 Å². The zero-order chi connectivity index (χ0) is 19.7. The van der Waals surface area contributed by atoms with E-state index in [4.69, 9.17) is 12.2 Å². The average molecular weight is 396 g/mol. The molecule has 1 fully saturated rings. The van der Waals surface area contributed by atoms with Crippen LogP contribution in [0.15, 0.2) is 0 Å². The predicted molar refractivity (Wildman–Crippen MR) is 91.2 cm³/mol. The summed E-state index contributed by atoms with van der Waals surface area (Å²) in [5.41, 5.74) is -0.255. The molecule has 0 atom stereocenters. The second kappa shape index (κ2) is 7.65. The van der Waals surface area contributed by atoms with Gasteiger partial charge in [0.2, 0.25) is 10.6 Å². The number of quaternary nitrogens is 2. The SMILES string of the molecule is Cn1c(C(F)(F)F)nn(C[NH+]2CC[NH+](CC(=O)NC(C)(C)C)CC2)c1=S. The third kappa shape index (κ3) is 5.52. The van der Waals surface area contributed by atoms with Gasteiger partial charge in [0.15, 0.2) is 13.2 Å². The number of alkyl halides is 3. The van der Waals surface area contributed by atoms with Gasteiger partial charge in [-0.15, -0.1) is 5.10 Å². The van der Waals surface area contributed by atoms with Gasteiger partial charge in [0, 0.05) is 12.6 Å². The van der Waals surface area contributed by atoms with Crippen molar-refractivity contribution in [2.24, 2.45) is 7.05 Å². The fourth-order valence-corrected chi connectivity index (χ4v) is 3.22. The van der Waals surface area contributed by atoms with E-state index in [0.29, 0.717) is 13.2 Å². The van der Waals surface area contributed by atoms with Crippen molar-refractivity contribution < 1.29 is 27.8 Å². The first-order valence-corrected chi connectivity index (χ1v) is 8.97. The molecule has 7 nitrogen and oxygen atoms in total. The molecule has 11 heteroatoms. The lowest BCUT2D eigenvalue weighted by Gasteiger charge is -2.30. The van der Waals surface area contributed by atoms with Crippen LogP contribution in [0.4, 0.5) is 13.2 Å². The Morgan fingerprint density at radius 1 is 1.19 bits per heavy atom. The molecule has 0 bridgehead atoms. The lowest BCUT2D eigenvalue weighted by Crippen LogP contribution is -3.28. The van der Waals surface area contributed by atoms with Crippen molar-refractivity contribution in [3.63, 3.8) is 0 Å². The molecule has 1 aliphatic heterocycles. The molecule has 0 unspecified atom stereocenters. The Balaban J connectivity index is 1.90. The quantitative estimate of drug-likeness (QED) is 0.551. The number of amides is 1. The monoisotopic (exact) mass is 396 g/mol. The maximum atomic E-state index is 12.9. The van der Waals surface area contributed by atoms with Crippen LogP contribution in [0.3, 0.4) is 0 Å². The minimum absolute atomic E-state index is 0.0118. The van der Waals surface area contributed by atoms with Crippen LogP contribution in [0.25, 0.3) is 0 Å². The molecule has 0 aliphatic carbocycles. The highest BCUT2D eigenvalue weighted by molar-refractivity contribution is 7.71. The molecule has 148 valence electrons. The number of aromatic nitrogens is 3. The molecule has 2 heterocycles.